The van der Waals surface area contributed by atoms with E-state index in [9.17, 15) is 18.4 Å². The SMILES string of the molecule is CCCC1=C(C(=O)OCC)[C@@H](c2cccc(OC)c2)n2c(s/c(=C/c3ccc(OC(F)F)c(OC)c3)c2=O)=N1. The van der Waals surface area contributed by atoms with Crippen LogP contribution in [0.3, 0.4) is 0 Å². The Kier molecular flexibility index (Phi) is 8.80. The molecule has 0 amide bonds. The number of fused-ring (bicyclic) bond motifs is 1. The van der Waals surface area contributed by atoms with Crippen molar-refractivity contribution in [2.45, 2.75) is 39.3 Å². The van der Waals surface area contributed by atoms with Gasteiger partial charge in [0.05, 0.1) is 42.7 Å². The Morgan fingerprint density at radius 3 is 2.59 bits per heavy atom. The molecule has 1 atom stereocenters. The summed E-state index contributed by atoms with van der Waals surface area (Å²) in [5.41, 5.74) is 1.71. The van der Waals surface area contributed by atoms with Crippen molar-refractivity contribution in [3.05, 3.63) is 84.5 Å². The number of carbonyl (C=O) groups excluding carboxylic acids is 1. The number of nitrogens with zero attached hydrogens (tertiary/aromatic N) is 2. The zero-order valence-corrected chi connectivity index (χ0v) is 22.7. The minimum Gasteiger partial charge on any atom is -0.497 e. The quantitative estimate of drug-likeness (QED) is 0.347. The van der Waals surface area contributed by atoms with Crippen LogP contribution in [-0.2, 0) is 9.53 Å². The van der Waals surface area contributed by atoms with Crippen LogP contribution in [0, 0.1) is 0 Å². The lowest BCUT2D eigenvalue weighted by Crippen LogP contribution is -2.40. The third kappa shape index (κ3) is 5.88. The van der Waals surface area contributed by atoms with Crippen molar-refractivity contribution in [1.29, 1.82) is 0 Å². The molecular weight excluding hydrogens is 530 g/mol. The molecule has 3 aromatic rings. The molecule has 2 heterocycles. The second kappa shape index (κ2) is 12.2. The fraction of sp³-hybridized carbons (Fsp3) is 0.321. The number of benzene rings is 2. The first-order valence-electron chi connectivity index (χ1n) is 12.3. The highest BCUT2D eigenvalue weighted by atomic mass is 32.1. The smallest absolute Gasteiger partial charge is 0.387 e. The Labute approximate surface area is 227 Å². The Balaban J connectivity index is 1.94. The molecule has 0 unspecified atom stereocenters. The molecule has 0 saturated heterocycles. The number of alkyl halides is 2. The molecule has 0 aliphatic carbocycles. The summed E-state index contributed by atoms with van der Waals surface area (Å²) in [5.74, 6) is 0.0181. The molecule has 0 radical (unpaired) electrons. The zero-order valence-electron chi connectivity index (χ0n) is 21.9. The van der Waals surface area contributed by atoms with Gasteiger partial charge in [-0.1, -0.05) is 42.9 Å². The average molecular weight is 559 g/mol. The number of carbonyl (C=O) groups is 1. The third-order valence-corrected chi connectivity index (χ3v) is 6.99. The van der Waals surface area contributed by atoms with Crippen molar-refractivity contribution in [3.63, 3.8) is 0 Å². The van der Waals surface area contributed by atoms with Gasteiger partial charge in [0.1, 0.15) is 5.75 Å². The highest BCUT2D eigenvalue weighted by Gasteiger charge is 2.34. The van der Waals surface area contributed by atoms with Crippen LogP contribution in [0.25, 0.3) is 6.08 Å². The van der Waals surface area contributed by atoms with E-state index in [-0.39, 0.29) is 23.7 Å². The maximum Gasteiger partial charge on any atom is 0.387 e. The van der Waals surface area contributed by atoms with E-state index >= 15 is 0 Å². The Bertz CT molecular complexity index is 1580. The van der Waals surface area contributed by atoms with Gasteiger partial charge in [-0.2, -0.15) is 8.78 Å². The summed E-state index contributed by atoms with van der Waals surface area (Å²) in [5, 5.41) is 0. The maximum atomic E-state index is 13.8. The summed E-state index contributed by atoms with van der Waals surface area (Å²) in [6, 6.07) is 10.8. The molecule has 0 saturated carbocycles. The molecule has 2 aromatic carbocycles. The third-order valence-electron chi connectivity index (χ3n) is 6.00. The lowest BCUT2D eigenvalue weighted by atomic mass is 9.94. The summed E-state index contributed by atoms with van der Waals surface area (Å²) < 4.78 is 47.8. The molecule has 0 spiro atoms. The van der Waals surface area contributed by atoms with Gasteiger partial charge in [0.25, 0.3) is 5.56 Å². The Morgan fingerprint density at radius 1 is 1.13 bits per heavy atom. The number of methoxy groups -OCH3 is 2. The van der Waals surface area contributed by atoms with Crippen LogP contribution >= 0.6 is 11.3 Å². The van der Waals surface area contributed by atoms with Crippen LogP contribution in [0.15, 0.2) is 63.5 Å². The van der Waals surface area contributed by atoms with E-state index in [1.807, 2.05) is 13.0 Å². The molecule has 206 valence electrons. The Morgan fingerprint density at radius 2 is 1.92 bits per heavy atom. The van der Waals surface area contributed by atoms with Crippen molar-refractivity contribution in [3.8, 4) is 17.2 Å². The minimum atomic E-state index is -3.00. The lowest BCUT2D eigenvalue weighted by molar-refractivity contribution is -0.139. The molecule has 8 nitrogen and oxygen atoms in total. The largest absolute Gasteiger partial charge is 0.497 e. The van der Waals surface area contributed by atoms with Gasteiger partial charge in [-0.05, 0) is 54.8 Å². The molecule has 0 bridgehead atoms. The van der Waals surface area contributed by atoms with Gasteiger partial charge >= 0.3 is 12.6 Å². The van der Waals surface area contributed by atoms with Crippen LogP contribution in [0.5, 0.6) is 17.2 Å². The van der Waals surface area contributed by atoms with Crippen LogP contribution in [0.2, 0.25) is 0 Å². The molecule has 1 aliphatic rings. The van der Waals surface area contributed by atoms with Crippen molar-refractivity contribution >= 4 is 23.4 Å². The average Bonchev–Trinajstić information content (AvgIpc) is 3.23. The fourth-order valence-electron chi connectivity index (χ4n) is 4.37. The molecule has 1 aromatic heterocycles. The number of thiazole rings is 1. The molecule has 11 heteroatoms. The number of rotatable bonds is 10. The number of aromatic nitrogens is 1. The molecule has 39 heavy (non-hydrogen) atoms. The number of hydrogen-bond donors (Lipinski definition) is 0. The summed E-state index contributed by atoms with van der Waals surface area (Å²) in [6.45, 7) is 0.871. The van der Waals surface area contributed by atoms with Gasteiger partial charge in [0.2, 0.25) is 0 Å². The second-order valence-corrected chi connectivity index (χ2v) is 9.49. The number of allylic oxidation sites excluding steroid dienone is 1. The van der Waals surface area contributed by atoms with E-state index in [2.05, 4.69) is 4.74 Å². The van der Waals surface area contributed by atoms with Gasteiger partial charge in [-0.15, -0.1) is 0 Å². The number of esters is 1. The van der Waals surface area contributed by atoms with Crippen molar-refractivity contribution in [2.75, 3.05) is 20.8 Å². The molecule has 0 fully saturated rings. The summed E-state index contributed by atoms with van der Waals surface area (Å²) in [4.78, 5) is 32.2. The Hall–Kier alpha value is -3.99. The van der Waals surface area contributed by atoms with Crippen LogP contribution < -0.4 is 29.1 Å². The van der Waals surface area contributed by atoms with E-state index in [1.54, 1.807) is 44.4 Å². The molecule has 1 aliphatic heterocycles. The lowest BCUT2D eigenvalue weighted by Gasteiger charge is -2.26. The van der Waals surface area contributed by atoms with Gasteiger partial charge < -0.3 is 18.9 Å². The first-order chi connectivity index (χ1) is 18.8. The predicted molar refractivity (Wildman–Crippen MR) is 142 cm³/mol. The monoisotopic (exact) mass is 558 g/mol. The summed E-state index contributed by atoms with van der Waals surface area (Å²) in [6.07, 6.45) is 2.87. The first kappa shape index (κ1) is 28.0. The van der Waals surface area contributed by atoms with Gasteiger partial charge in [-0.3, -0.25) is 9.36 Å². The second-order valence-electron chi connectivity index (χ2n) is 8.48. The van der Waals surface area contributed by atoms with Gasteiger partial charge in [0, 0.05) is 0 Å². The molecular formula is C28H28F2N2O6S. The number of ether oxygens (including phenoxy) is 4. The van der Waals surface area contributed by atoms with Crippen molar-refractivity contribution in [2.24, 2.45) is 4.99 Å². The number of halogens is 2. The van der Waals surface area contributed by atoms with E-state index in [0.717, 1.165) is 6.42 Å². The van der Waals surface area contributed by atoms with Crippen LogP contribution in [0.4, 0.5) is 8.78 Å². The highest BCUT2D eigenvalue weighted by Crippen LogP contribution is 2.34. The van der Waals surface area contributed by atoms with Crippen LogP contribution in [-0.4, -0.2) is 38.0 Å². The normalized spacial score (nSPS) is 15.2. The van der Waals surface area contributed by atoms with Crippen LogP contribution in [0.1, 0.15) is 43.9 Å². The van der Waals surface area contributed by atoms with E-state index < -0.39 is 18.6 Å². The topological polar surface area (TPSA) is 88.4 Å². The number of hydrogen-bond acceptors (Lipinski definition) is 8. The van der Waals surface area contributed by atoms with E-state index in [1.165, 1.54) is 35.1 Å². The predicted octanol–water partition coefficient (Wildman–Crippen LogP) is 4.20. The summed E-state index contributed by atoms with van der Waals surface area (Å²) in [7, 11) is 2.88. The maximum absolute atomic E-state index is 13.8. The standard InChI is InChI=1S/C28H28F2N2O6S/c1-5-8-19-23(26(34)37-6-2)24(17-9-7-10-18(15-17)35-3)32-25(33)22(39-28(32)31-19)14-16-11-12-20(38-27(29)30)21(13-16)36-4/h7,9-15,24,27H,5-6,8H2,1-4H3/b22-14+/t24-/m1/s1. The van der Waals surface area contributed by atoms with Crippen molar-refractivity contribution < 1.29 is 32.5 Å². The van der Waals surface area contributed by atoms with Crippen molar-refractivity contribution in [1.82, 2.24) is 4.57 Å². The molecule has 4 rings (SSSR count). The highest BCUT2D eigenvalue weighted by molar-refractivity contribution is 7.07. The van der Waals surface area contributed by atoms with E-state index in [0.29, 0.717) is 43.9 Å². The fourth-order valence-corrected chi connectivity index (χ4v) is 5.39. The zero-order chi connectivity index (χ0) is 28.1. The summed E-state index contributed by atoms with van der Waals surface area (Å²) >= 11 is 1.17. The molecule has 0 N–H and O–H groups in total. The van der Waals surface area contributed by atoms with Gasteiger partial charge in [0.15, 0.2) is 16.3 Å². The minimum absolute atomic E-state index is 0.0981. The first-order valence-corrected chi connectivity index (χ1v) is 13.1. The van der Waals surface area contributed by atoms with Gasteiger partial charge in [-0.25, -0.2) is 9.79 Å². The van der Waals surface area contributed by atoms with E-state index in [4.69, 9.17) is 19.2 Å².